The minimum Gasteiger partial charge on any atom is -0.480 e. The Hall–Kier alpha value is -2.75. The van der Waals surface area contributed by atoms with Crippen LogP contribution in [0.3, 0.4) is 0 Å². The second-order valence-corrected chi connectivity index (χ2v) is 26.8. The standard InChI is InChI=1S/C56H85NO42/c1-54(2,53(80)81)57-12(44(75)56(46(77)27(68)23(64)16(7-61)97-56)99-37-20-11-85-43(37)33(74)52(91-20)95-39-25(66)14(5-59)89-50(31(39)72)93-35-18-9-83-41(35)29(70)48(79)87-18)3-21(62)55(45(76)26(67)22(63)15(6-60)96-55)98-36-19-10-84-42(36)32(73)51(90-19)94-38-24(65)13(4-58)88-49(30(38)71)92-34-17-8-82-40(34)28(69)47(78)86-17/h12-20,22-43,45-52,57-61,63-74,76-79H,3-11H2,1-2H3,(H,80,81)/t12?,13-,14-,15-,16-,17+,18+,19+,20+,22+,23+,24-,25-,26+,27+,28+,29+,30-,31-,32+,33+,34+,35+,36+,37+,38+,39+,40+,41+,42+,43+,45-,46-,47-,48-,49+,50+,51+,52+,55-,56-/m1/s1. The Morgan fingerprint density at radius 3 is 1.15 bits per heavy atom. The van der Waals surface area contributed by atoms with Gasteiger partial charge in [0.05, 0.1) is 58.9 Å². The number of carboxylic acid groups (broad SMARTS) is 1. The fraction of sp³-hybridized carbons (Fsp3) is 0.946. The maximum absolute atomic E-state index is 15.9. The number of carbonyl (C=O) groups excluding carboxylic acids is 2. The molecule has 1 unspecified atom stereocenters. The van der Waals surface area contributed by atoms with Gasteiger partial charge in [-0.1, -0.05) is 0 Å². The van der Waals surface area contributed by atoms with E-state index < -0.39 is 320 Å². The summed E-state index contributed by atoms with van der Waals surface area (Å²) in [6.07, 6.45) is -72.1. The molecule has 0 aliphatic carbocycles. The Morgan fingerprint density at radius 2 is 0.758 bits per heavy atom. The summed E-state index contributed by atoms with van der Waals surface area (Å²) in [6, 6.07) is -2.57. The van der Waals surface area contributed by atoms with Crippen molar-refractivity contribution in [1.82, 2.24) is 5.32 Å². The van der Waals surface area contributed by atoms with Gasteiger partial charge in [0.2, 0.25) is 5.78 Å². The molecule has 12 rings (SSSR count). The number of hydrogen-bond donors (Lipinski definition) is 22. The predicted octanol–water partition coefficient (Wildman–Crippen LogP) is -16.2. The van der Waals surface area contributed by atoms with E-state index >= 15 is 9.59 Å². The van der Waals surface area contributed by atoms with Crippen molar-refractivity contribution in [2.24, 2.45) is 0 Å². The number of ether oxygens (including phenoxy) is 18. The highest BCUT2D eigenvalue weighted by atomic mass is 16.8. The van der Waals surface area contributed by atoms with Gasteiger partial charge in [-0.05, 0) is 13.8 Å². The van der Waals surface area contributed by atoms with Crippen LogP contribution in [0, 0.1) is 0 Å². The molecular formula is C56H85NO42. The van der Waals surface area contributed by atoms with Gasteiger partial charge in [-0.25, -0.2) is 0 Å². The first-order valence-corrected chi connectivity index (χ1v) is 32.0. The fourth-order valence-electron chi connectivity index (χ4n) is 14.6. The quantitative estimate of drug-likeness (QED) is 0.0427. The molecule has 0 amide bonds. The van der Waals surface area contributed by atoms with E-state index in [0.29, 0.717) is 0 Å². The van der Waals surface area contributed by atoms with Gasteiger partial charge in [0.1, 0.15) is 201 Å². The van der Waals surface area contributed by atoms with Gasteiger partial charge in [0, 0.05) is 6.42 Å². The molecule has 12 heterocycles. The summed E-state index contributed by atoms with van der Waals surface area (Å²) in [7, 11) is 0. The molecule has 0 saturated carbocycles. The summed E-state index contributed by atoms with van der Waals surface area (Å²) < 4.78 is 105. The topological polar surface area (TPSA) is 654 Å². The zero-order chi connectivity index (χ0) is 71.5. The number of carboxylic acids is 1. The van der Waals surface area contributed by atoms with Gasteiger partial charge in [0.15, 0.2) is 43.5 Å². The molecule has 0 aromatic heterocycles. The van der Waals surface area contributed by atoms with E-state index in [0.717, 1.165) is 13.8 Å². The second-order valence-electron chi connectivity index (χ2n) is 26.8. The Bertz CT molecular complexity index is 2800. The van der Waals surface area contributed by atoms with Crippen LogP contribution in [0.4, 0.5) is 0 Å². The van der Waals surface area contributed by atoms with Crippen LogP contribution in [0.5, 0.6) is 0 Å². The van der Waals surface area contributed by atoms with Crippen molar-refractivity contribution in [3.8, 4) is 0 Å². The van der Waals surface area contributed by atoms with Crippen molar-refractivity contribution in [3.05, 3.63) is 0 Å². The lowest BCUT2D eigenvalue weighted by Gasteiger charge is -2.52. The molecule has 12 fully saturated rings. The molecule has 99 heavy (non-hydrogen) atoms. The van der Waals surface area contributed by atoms with E-state index in [-0.39, 0.29) is 13.2 Å². The molecule has 0 aromatic rings. The Morgan fingerprint density at radius 1 is 0.414 bits per heavy atom. The highest BCUT2D eigenvalue weighted by Gasteiger charge is 2.69. The van der Waals surface area contributed by atoms with E-state index in [2.05, 4.69) is 5.32 Å². The zero-order valence-electron chi connectivity index (χ0n) is 52.3. The zero-order valence-corrected chi connectivity index (χ0v) is 52.3. The number of rotatable bonds is 24. The lowest BCUT2D eigenvalue weighted by atomic mass is 9.82. The number of Topliss-reactive ketones (excluding diaryl/α,β-unsaturated/α-hetero) is 2. The van der Waals surface area contributed by atoms with E-state index in [1.54, 1.807) is 0 Å². The lowest BCUT2D eigenvalue weighted by molar-refractivity contribution is -0.387. The number of aliphatic hydroxyl groups is 20. The highest BCUT2D eigenvalue weighted by Crippen LogP contribution is 2.46. The Balaban J connectivity index is 0.808. The van der Waals surface area contributed by atoms with Gasteiger partial charge >= 0.3 is 5.97 Å². The molecule has 0 aromatic carbocycles. The van der Waals surface area contributed by atoms with Crippen LogP contribution < -0.4 is 5.32 Å². The van der Waals surface area contributed by atoms with Crippen LogP contribution in [-0.2, 0) is 99.6 Å². The first kappa shape index (κ1) is 75.9. The first-order valence-electron chi connectivity index (χ1n) is 32.0. The largest absolute Gasteiger partial charge is 0.480 e. The Labute approximate surface area is 557 Å². The molecule has 41 atom stereocenters. The molecule has 22 N–H and O–H groups in total. The number of fused-ring (bicyclic) bond motifs is 8. The maximum atomic E-state index is 15.9. The van der Waals surface area contributed by atoms with Gasteiger partial charge in [-0.3, -0.25) is 19.7 Å². The molecule has 0 spiro atoms. The SMILES string of the molecule is CC(C)(NC(CC(=O)[C@]1(O[C@@H]2[C@H]3OC[C@@H]2O[C@@H](O[C@@H]2[C@@H](O)[C@H](O[C@@H]4[C@H]5OC[C@@H]4O[C@@H](O)[C@H]5O)O[C@H](CO)[C@H]2O)[C@H]3O)O[C@H](CO)[C@H](O)[C@H](O)[C@H]1O)C(=O)[C@]1(O[C@@H]2[C@H]3OC[C@@H]2O[C@@H](O[C@@H]2[C@@H](O)[C@H](O[C@@H]4[C@H]5OC[C@@H]4O[C@@H](O)[C@H]5O)O[C@H](CO)[C@H]2O)[C@H]3O)O[C@H](CO)[C@H](O)[C@H](O)[C@H]1O)C(=O)O. The number of aliphatic hydroxyl groups excluding tert-OH is 20. The average Bonchev–Trinajstić information content (AvgIpc) is 1.73. The van der Waals surface area contributed by atoms with Gasteiger partial charge < -0.3 is 193 Å². The molecule has 43 nitrogen and oxygen atoms in total. The molecule has 0 radical (unpaired) electrons. The van der Waals surface area contributed by atoms with Crippen LogP contribution in [0.1, 0.15) is 20.3 Å². The van der Waals surface area contributed by atoms with E-state index in [1.165, 1.54) is 0 Å². The molecular weight excluding hydrogens is 1360 g/mol. The number of aliphatic carboxylic acids is 1. The third-order valence-corrected chi connectivity index (χ3v) is 20.1. The van der Waals surface area contributed by atoms with Crippen LogP contribution in [0.15, 0.2) is 0 Å². The number of nitrogens with one attached hydrogen (secondary N) is 1. The summed E-state index contributed by atoms with van der Waals surface area (Å²) in [5, 5.41) is 235. The second kappa shape index (κ2) is 29.5. The van der Waals surface area contributed by atoms with E-state index in [4.69, 9.17) is 85.3 Å². The summed E-state index contributed by atoms with van der Waals surface area (Å²) in [5.41, 5.74) is -2.40. The van der Waals surface area contributed by atoms with Crippen molar-refractivity contribution < 1.29 is 207 Å². The van der Waals surface area contributed by atoms with Crippen LogP contribution >= 0.6 is 0 Å². The van der Waals surface area contributed by atoms with Crippen LogP contribution in [0.25, 0.3) is 0 Å². The van der Waals surface area contributed by atoms with Crippen LogP contribution in [0.2, 0.25) is 0 Å². The van der Waals surface area contributed by atoms with Crippen molar-refractivity contribution in [3.63, 3.8) is 0 Å². The fourth-order valence-corrected chi connectivity index (χ4v) is 14.6. The first-order chi connectivity index (χ1) is 46.8. The van der Waals surface area contributed by atoms with Gasteiger partial charge in [-0.15, -0.1) is 0 Å². The minimum absolute atomic E-state index is 0.176. The molecule has 12 aliphatic rings. The van der Waals surface area contributed by atoms with Crippen molar-refractivity contribution in [2.45, 2.75) is 276 Å². The van der Waals surface area contributed by atoms with E-state index in [1.807, 2.05) is 0 Å². The molecule has 566 valence electrons. The lowest BCUT2D eigenvalue weighted by Crippen LogP contribution is -2.75. The third kappa shape index (κ3) is 13.4. The van der Waals surface area contributed by atoms with Crippen molar-refractivity contribution >= 4 is 17.5 Å². The normalized spacial score (nSPS) is 53.0. The highest BCUT2D eigenvalue weighted by molar-refractivity contribution is 5.98. The number of ketones is 2. The number of carbonyl (C=O) groups is 3. The summed E-state index contributed by atoms with van der Waals surface area (Å²) in [5.74, 6) is -12.4. The van der Waals surface area contributed by atoms with Gasteiger partial charge in [0.25, 0.3) is 11.6 Å². The van der Waals surface area contributed by atoms with Crippen LogP contribution in [-0.4, -0.2) is 434 Å². The van der Waals surface area contributed by atoms with Crippen molar-refractivity contribution in [1.29, 1.82) is 0 Å². The molecule has 12 saturated heterocycles. The van der Waals surface area contributed by atoms with Gasteiger partial charge in [-0.2, -0.15) is 0 Å². The molecule has 8 bridgehead atoms. The summed E-state index contributed by atoms with van der Waals surface area (Å²) in [4.78, 5) is 44.6. The third-order valence-electron chi connectivity index (χ3n) is 20.1. The molecule has 43 heteroatoms. The maximum Gasteiger partial charge on any atom is 0.323 e. The van der Waals surface area contributed by atoms with Crippen molar-refractivity contribution in [2.75, 3.05) is 52.9 Å². The summed E-state index contributed by atoms with van der Waals surface area (Å²) in [6.45, 7) is -4.09. The smallest absolute Gasteiger partial charge is 0.323 e. The minimum atomic E-state index is -3.61. The average molecular weight is 1440 g/mol. The predicted molar refractivity (Wildman–Crippen MR) is 296 cm³/mol. The Kier molecular flexibility index (Phi) is 22.7. The molecule has 12 aliphatic heterocycles. The number of hydrogen-bond acceptors (Lipinski definition) is 42. The summed E-state index contributed by atoms with van der Waals surface area (Å²) >= 11 is 0. The van der Waals surface area contributed by atoms with E-state index in [9.17, 15) is 112 Å². The monoisotopic (exact) mass is 1440 g/mol.